The number of aliphatic hydroxyl groups is 1. The third kappa shape index (κ3) is 7.13. The third-order valence-electron chi connectivity index (χ3n) is 7.12. The van der Waals surface area contributed by atoms with Gasteiger partial charge in [-0.2, -0.15) is 5.26 Å². The first-order valence-electron chi connectivity index (χ1n) is 13.6. The van der Waals surface area contributed by atoms with E-state index in [0.717, 1.165) is 33.3 Å². The summed E-state index contributed by atoms with van der Waals surface area (Å²) < 4.78 is 27.4. The first-order valence-corrected chi connectivity index (χ1v) is 13.6. The number of carbonyl (C=O) groups excluding carboxylic acids is 4. The van der Waals surface area contributed by atoms with Crippen LogP contribution < -0.4 is 0 Å². The summed E-state index contributed by atoms with van der Waals surface area (Å²) in [7, 11) is 0. The summed E-state index contributed by atoms with van der Waals surface area (Å²) in [5.41, 5.74) is 3.17. The van der Waals surface area contributed by atoms with Crippen LogP contribution in [0.3, 0.4) is 0 Å². The van der Waals surface area contributed by atoms with Crippen LogP contribution in [0.15, 0.2) is 42.5 Å². The monoisotopic (exact) mass is 579 g/mol. The minimum atomic E-state index is -2.48. The molecule has 2 aromatic carbocycles. The highest BCUT2D eigenvalue weighted by Crippen LogP contribution is 2.42. The molecule has 11 nitrogen and oxygen atoms in total. The predicted molar refractivity (Wildman–Crippen MR) is 144 cm³/mol. The summed E-state index contributed by atoms with van der Waals surface area (Å²) in [4.78, 5) is 48.0. The SMILES string of the molecule is CC(=O)OC[C@H]1O[C@@](O)(c2ccc(C#N)c(Cc3ccc(C4CC4)cc3)c2)[C@H](OC(C)=O)[C@@H](OC(C)=O)[C@@H]1OC(C)=O. The summed E-state index contributed by atoms with van der Waals surface area (Å²) in [5.74, 6) is -5.01. The van der Waals surface area contributed by atoms with Crippen LogP contribution in [-0.2, 0) is 55.1 Å². The van der Waals surface area contributed by atoms with Gasteiger partial charge in [0.25, 0.3) is 0 Å². The van der Waals surface area contributed by atoms with Gasteiger partial charge >= 0.3 is 23.9 Å². The summed E-state index contributed by atoms with van der Waals surface area (Å²) >= 11 is 0. The molecule has 2 fully saturated rings. The van der Waals surface area contributed by atoms with Gasteiger partial charge in [0, 0.05) is 33.3 Å². The molecule has 1 saturated heterocycles. The van der Waals surface area contributed by atoms with Gasteiger partial charge in [-0.1, -0.05) is 30.3 Å². The van der Waals surface area contributed by atoms with E-state index in [1.54, 1.807) is 6.07 Å². The number of hydrogen-bond donors (Lipinski definition) is 1. The fourth-order valence-electron chi connectivity index (χ4n) is 5.13. The van der Waals surface area contributed by atoms with Crippen LogP contribution in [0.25, 0.3) is 0 Å². The van der Waals surface area contributed by atoms with Crippen molar-refractivity contribution in [3.8, 4) is 6.07 Å². The molecule has 222 valence electrons. The maximum absolute atomic E-state index is 12.2. The minimum absolute atomic E-state index is 0.0728. The van der Waals surface area contributed by atoms with Crippen molar-refractivity contribution < 1.29 is 48.0 Å². The lowest BCUT2D eigenvalue weighted by atomic mass is 9.85. The molecule has 1 N–H and O–H groups in total. The molecule has 4 rings (SSSR count). The molecule has 0 spiro atoms. The topological polar surface area (TPSA) is 158 Å². The van der Waals surface area contributed by atoms with E-state index in [1.165, 1.54) is 30.5 Å². The zero-order valence-electron chi connectivity index (χ0n) is 23.8. The highest BCUT2D eigenvalue weighted by atomic mass is 16.7. The molecule has 2 aromatic rings. The molecular weight excluding hydrogens is 546 g/mol. The molecule has 0 amide bonds. The molecule has 42 heavy (non-hydrogen) atoms. The van der Waals surface area contributed by atoms with Crippen molar-refractivity contribution in [3.05, 3.63) is 70.3 Å². The van der Waals surface area contributed by atoms with Crippen LogP contribution >= 0.6 is 0 Å². The minimum Gasteiger partial charge on any atom is -0.463 e. The average Bonchev–Trinajstić information content (AvgIpc) is 3.77. The van der Waals surface area contributed by atoms with Gasteiger partial charge in [-0.15, -0.1) is 0 Å². The molecule has 1 aliphatic heterocycles. The van der Waals surface area contributed by atoms with Gasteiger partial charge in [-0.05, 0) is 54.0 Å². The predicted octanol–water partition coefficient (Wildman–Crippen LogP) is 2.93. The largest absolute Gasteiger partial charge is 0.463 e. The molecule has 11 heteroatoms. The Hall–Kier alpha value is -4.27. The highest BCUT2D eigenvalue weighted by molar-refractivity contribution is 5.69. The summed E-state index contributed by atoms with van der Waals surface area (Å²) in [6, 6.07) is 14.7. The van der Waals surface area contributed by atoms with Crippen molar-refractivity contribution in [3.63, 3.8) is 0 Å². The van der Waals surface area contributed by atoms with Gasteiger partial charge < -0.3 is 28.8 Å². The second kappa shape index (κ2) is 12.7. The van der Waals surface area contributed by atoms with Gasteiger partial charge in [-0.3, -0.25) is 19.2 Å². The molecule has 5 atom stereocenters. The third-order valence-corrected chi connectivity index (χ3v) is 7.12. The molecule has 0 aromatic heterocycles. The van der Waals surface area contributed by atoms with E-state index in [-0.39, 0.29) is 5.56 Å². The van der Waals surface area contributed by atoms with E-state index >= 15 is 0 Å². The number of ether oxygens (including phenoxy) is 5. The number of rotatable bonds is 9. The number of hydrogen-bond acceptors (Lipinski definition) is 11. The van der Waals surface area contributed by atoms with Crippen molar-refractivity contribution in [1.82, 2.24) is 0 Å². The van der Waals surface area contributed by atoms with E-state index in [2.05, 4.69) is 18.2 Å². The van der Waals surface area contributed by atoms with E-state index in [0.29, 0.717) is 23.5 Å². The summed E-state index contributed by atoms with van der Waals surface area (Å²) in [6.45, 7) is 3.97. The molecule has 0 radical (unpaired) electrons. The zero-order valence-corrected chi connectivity index (χ0v) is 23.8. The lowest BCUT2D eigenvalue weighted by molar-refractivity contribution is -0.360. The maximum atomic E-state index is 12.2. The van der Waals surface area contributed by atoms with Crippen LogP contribution in [0.4, 0.5) is 0 Å². The average molecular weight is 580 g/mol. The second-order valence-corrected chi connectivity index (χ2v) is 10.5. The van der Waals surface area contributed by atoms with Crippen molar-refractivity contribution in [2.75, 3.05) is 6.61 Å². The Morgan fingerprint density at radius 2 is 1.52 bits per heavy atom. The fourth-order valence-corrected chi connectivity index (χ4v) is 5.13. The number of benzene rings is 2. The molecule has 1 heterocycles. The van der Waals surface area contributed by atoms with Crippen molar-refractivity contribution in [1.29, 1.82) is 5.26 Å². The van der Waals surface area contributed by atoms with E-state index in [4.69, 9.17) is 23.7 Å². The molecule has 0 unspecified atom stereocenters. The first kappa shape index (κ1) is 30.7. The Labute approximate surface area is 243 Å². The van der Waals surface area contributed by atoms with Crippen LogP contribution in [0.1, 0.15) is 74.3 Å². The standard InChI is InChI=1S/C31H33NO10/c1-17(33)38-16-27-28(39-18(2)34)29(40-19(3)35)30(41-20(4)36)31(37,42-27)26-12-11-24(15-32)25(14-26)13-21-5-7-22(8-6-21)23-9-10-23/h5-8,11-12,14,23,27-30,37H,9-10,13,16H2,1-4H3/t27-,28-,29+,30-,31+/m1/s1. The van der Waals surface area contributed by atoms with Crippen LogP contribution in [0.2, 0.25) is 0 Å². The zero-order chi connectivity index (χ0) is 30.6. The normalized spacial score (nSPS) is 25.0. The van der Waals surface area contributed by atoms with Crippen LogP contribution in [0, 0.1) is 11.3 Å². The van der Waals surface area contributed by atoms with Crippen molar-refractivity contribution >= 4 is 23.9 Å². The fraction of sp³-hybridized carbons (Fsp3) is 0.452. The maximum Gasteiger partial charge on any atom is 0.303 e. The molecule has 2 aliphatic rings. The Morgan fingerprint density at radius 1 is 0.905 bits per heavy atom. The van der Waals surface area contributed by atoms with E-state index < -0.39 is 60.7 Å². The van der Waals surface area contributed by atoms with Gasteiger partial charge in [0.05, 0.1) is 11.6 Å². The summed E-state index contributed by atoms with van der Waals surface area (Å²) in [5, 5.41) is 21.9. The van der Waals surface area contributed by atoms with Gasteiger partial charge in [-0.25, -0.2) is 0 Å². The Kier molecular flexibility index (Phi) is 9.29. The van der Waals surface area contributed by atoms with Crippen molar-refractivity contribution in [2.45, 2.75) is 83.1 Å². The Morgan fingerprint density at radius 3 is 2.07 bits per heavy atom. The highest BCUT2D eigenvalue weighted by Gasteiger charge is 2.60. The Balaban J connectivity index is 1.79. The molecule has 1 saturated carbocycles. The lowest BCUT2D eigenvalue weighted by Gasteiger charge is -2.48. The van der Waals surface area contributed by atoms with Crippen LogP contribution in [-0.4, -0.2) is 60.0 Å². The smallest absolute Gasteiger partial charge is 0.303 e. The Bertz CT molecular complexity index is 1390. The van der Waals surface area contributed by atoms with Crippen LogP contribution in [0.5, 0.6) is 0 Å². The molecule has 0 bridgehead atoms. The lowest BCUT2D eigenvalue weighted by Crippen LogP contribution is -2.66. The van der Waals surface area contributed by atoms with Gasteiger partial charge in [0.1, 0.15) is 12.7 Å². The number of esters is 4. The van der Waals surface area contributed by atoms with Gasteiger partial charge in [0.2, 0.25) is 11.9 Å². The first-order chi connectivity index (χ1) is 19.9. The number of carbonyl (C=O) groups is 4. The van der Waals surface area contributed by atoms with Crippen molar-refractivity contribution in [2.24, 2.45) is 0 Å². The number of nitriles is 1. The number of nitrogens with zero attached hydrogens (tertiary/aromatic N) is 1. The van der Waals surface area contributed by atoms with E-state index in [1.807, 2.05) is 12.1 Å². The van der Waals surface area contributed by atoms with E-state index in [9.17, 15) is 29.5 Å². The second-order valence-electron chi connectivity index (χ2n) is 10.5. The molecule has 1 aliphatic carbocycles. The molecular formula is C31H33NO10. The quantitative estimate of drug-likeness (QED) is 0.344. The van der Waals surface area contributed by atoms with Gasteiger partial charge in [0.15, 0.2) is 12.2 Å². The summed E-state index contributed by atoms with van der Waals surface area (Å²) in [6.07, 6.45) is -3.33.